The lowest BCUT2D eigenvalue weighted by Gasteiger charge is -2.17. The van der Waals surface area contributed by atoms with Crippen molar-refractivity contribution in [2.45, 2.75) is 13.3 Å². The van der Waals surface area contributed by atoms with Crippen LogP contribution in [0.25, 0.3) is 0 Å². The number of tetrazole rings is 1. The molecule has 2 N–H and O–H groups in total. The van der Waals surface area contributed by atoms with Gasteiger partial charge in [-0.15, -0.1) is 10.2 Å². The molecule has 82 valence electrons. The Morgan fingerprint density at radius 2 is 2.27 bits per heavy atom. The summed E-state index contributed by atoms with van der Waals surface area (Å²) >= 11 is 0. The van der Waals surface area contributed by atoms with Crippen LogP contribution in [-0.2, 0) is 4.79 Å². The quantitative estimate of drug-likeness (QED) is 0.657. The number of hydrogen-bond donors (Lipinski definition) is 2. The molecule has 0 unspecified atom stereocenters. The largest absolute Gasteiger partial charge is 0.480 e. The zero-order chi connectivity index (χ0) is 11.3. The van der Waals surface area contributed by atoms with Crippen molar-refractivity contribution in [1.29, 1.82) is 0 Å². The minimum atomic E-state index is -1.07. The summed E-state index contributed by atoms with van der Waals surface area (Å²) in [6.07, 6.45) is 0.664. The molecule has 1 aromatic rings. The van der Waals surface area contributed by atoms with Crippen molar-refractivity contribution in [3.8, 4) is 0 Å². The first kappa shape index (κ1) is 11.1. The number of aromatic amines is 1. The number of hydrogen-bond acceptors (Lipinski definition) is 5. The first-order valence-electron chi connectivity index (χ1n) is 4.39. The monoisotopic (exact) mass is 213 g/mol. The molecule has 8 nitrogen and oxygen atoms in total. The van der Waals surface area contributed by atoms with Crippen molar-refractivity contribution in [1.82, 2.24) is 25.5 Å². The molecule has 0 saturated heterocycles. The number of carboxylic acid groups (broad SMARTS) is 1. The molecule has 0 aliphatic carbocycles. The lowest BCUT2D eigenvalue weighted by Crippen LogP contribution is -2.36. The maximum atomic E-state index is 11.6. The highest BCUT2D eigenvalue weighted by Gasteiger charge is 2.20. The Kier molecular flexibility index (Phi) is 3.72. The minimum absolute atomic E-state index is 0.121. The third kappa shape index (κ3) is 3.01. The van der Waals surface area contributed by atoms with Crippen molar-refractivity contribution < 1.29 is 14.7 Å². The second-order valence-electron chi connectivity index (χ2n) is 2.86. The average molecular weight is 213 g/mol. The van der Waals surface area contributed by atoms with Crippen LogP contribution in [0.2, 0.25) is 0 Å². The first-order chi connectivity index (χ1) is 7.15. The summed E-state index contributed by atoms with van der Waals surface area (Å²) in [5, 5.41) is 21.0. The summed E-state index contributed by atoms with van der Waals surface area (Å²) in [5.41, 5.74) is 0. The van der Waals surface area contributed by atoms with Gasteiger partial charge in [0.05, 0.1) is 0 Å². The van der Waals surface area contributed by atoms with Gasteiger partial charge in [0.25, 0.3) is 11.7 Å². The van der Waals surface area contributed by atoms with Crippen molar-refractivity contribution in [3.63, 3.8) is 0 Å². The summed E-state index contributed by atoms with van der Waals surface area (Å²) < 4.78 is 0. The van der Waals surface area contributed by atoms with Gasteiger partial charge in [0.1, 0.15) is 6.54 Å². The Morgan fingerprint density at radius 3 is 2.73 bits per heavy atom. The topological polar surface area (TPSA) is 112 Å². The Labute approximate surface area is 85.3 Å². The molecular weight excluding hydrogens is 202 g/mol. The van der Waals surface area contributed by atoms with Gasteiger partial charge >= 0.3 is 5.97 Å². The Bertz CT molecular complexity index is 336. The van der Waals surface area contributed by atoms with Gasteiger partial charge in [-0.25, -0.2) is 0 Å². The molecule has 0 spiro atoms. The number of carbonyl (C=O) groups excluding carboxylic acids is 1. The summed E-state index contributed by atoms with van der Waals surface area (Å²) in [5.74, 6) is -1.72. The van der Waals surface area contributed by atoms with Gasteiger partial charge in [0.15, 0.2) is 0 Å². The first-order valence-corrected chi connectivity index (χ1v) is 4.39. The molecule has 1 amide bonds. The van der Waals surface area contributed by atoms with Crippen molar-refractivity contribution in [2.24, 2.45) is 0 Å². The van der Waals surface area contributed by atoms with Crippen LogP contribution in [0.3, 0.4) is 0 Å². The van der Waals surface area contributed by atoms with Crippen LogP contribution >= 0.6 is 0 Å². The average Bonchev–Trinajstić information content (AvgIpc) is 2.68. The van der Waals surface area contributed by atoms with Crippen LogP contribution < -0.4 is 0 Å². The van der Waals surface area contributed by atoms with Gasteiger partial charge < -0.3 is 10.0 Å². The molecule has 8 heteroatoms. The lowest BCUT2D eigenvalue weighted by atomic mass is 10.3. The van der Waals surface area contributed by atoms with E-state index < -0.39 is 11.9 Å². The minimum Gasteiger partial charge on any atom is -0.480 e. The number of nitrogens with one attached hydrogen (secondary N) is 1. The summed E-state index contributed by atoms with van der Waals surface area (Å²) in [7, 11) is 0. The molecule has 0 saturated carbocycles. The molecule has 0 aromatic carbocycles. The van der Waals surface area contributed by atoms with Crippen LogP contribution in [0.15, 0.2) is 0 Å². The van der Waals surface area contributed by atoms with E-state index in [-0.39, 0.29) is 12.4 Å². The molecule has 1 heterocycles. The smallest absolute Gasteiger partial charge is 0.323 e. The van der Waals surface area contributed by atoms with Gasteiger partial charge in [-0.2, -0.15) is 5.21 Å². The van der Waals surface area contributed by atoms with E-state index in [4.69, 9.17) is 5.11 Å². The second-order valence-corrected chi connectivity index (χ2v) is 2.86. The van der Waals surface area contributed by atoms with E-state index in [1.54, 1.807) is 0 Å². The van der Waals surface area contributed by atoms with Crippen molar-refractivity contribution >= 4 is 11.9 Å². The number of rotatable bonds is 5. The fraction of sp³-hybridized carbons (Fsp3) is 0.571. The van der Waals surface area contributed by atoms with E-state index in [0.717, 1.165) is 4.90 Å². The molecule has 0 atom stereocenters. The van der Waals surface area contributed by atoms with Crippen LogP contribution in [0.1, 0.15) is 24.0 Å². The van der Waals surface area contributed by atoms with E-state index in [1.807, 2.05) is 6.92 Å². The fourth-order valence-corrected chi connectivity index (χ4v) is 1.08. The predicted octanol–water partition coefficient (Wildman–Crippen LogP) is -0.863. The standard InChI is InChI=1S/C7H11N5O3/c1-2-3-12(4-5(13)14)7(15)6-8-10-11-9-6/h2-4H2,1H3,(H,13,14)(H,8,9,10,11). The number of carbonyl (C=O) groups is 2. The zero-order valence-electron chi connectivity index (χ0n) is 8.17. The number of carboxylic acids is 1. The molecule has 0 fully saturated rings. The van der Waals surface area contributed by atoms with E-state index in [2.05, 4.69) is 20.6 Å². The maximum absolute atomic E-state index is 11.6. The number of aromatic nitrogens is 4. The predicted molar refractivity (Wildman–Crippen MR) is 48.0 cm³/mol. The van der Waals surface area contributed by atoms with E-state index in [0.29, 0.717) is 13.0 Å². The highest BCUT2D eigenvalue weighted by Crippen LogP contribution is 1.98. The fourth-order valence-electron chi connectivity index (χ4n) is 1.08. The molecular formula is C7H11N5O3. The number of amides is 1. The number of aliphatic carboxylic acids is 1. The summed E-state index contributed by atoms with van der Waals surface area (Å²) in [4.78, 5) is 23.3. The second kappa shape index (κ2) is 5.03. The number of H-pyrrole nitrogens is 1. The summed E-state index contributed by atoms with van der Waals surface area (Å²) in [6.45, 7) is 1.83. The molecule has 15 heavy (non-hydrogen) atoms. The maximum Gasteiger partial charge on any atom is 0.323 e. The van der Waals surface area contributed by atoms with Crippen LogP contribution in [0.5, 0.6) is 0 Å². The van der Waals surface area contributed by atoms with E-state index >= 15 is 0 Å². The Morgan fingerprint density at radius 1 is 1.53 bits per heavy atom. The van der Waals surface area contributed by atoms with Crippen LogP contribution in [-0.4, -0.2) is 55.6 Å². The van der Waals surface area contributed by atoms with E-state index in [1.165, 1.54) is 0 Å². The highest BCUT2D eigenvalue weighted by atomic mass is 16.4. The third-order valence-corrected chi connectivity index (χ3v) is 1.64. The highest BCUT2D eigenvalue weighted by molar-refractivity contribution is 5.92. The van der Waals surface area contributed by atoms with Gasteiger partial charge in [-0.1, -0.05) is 6.92 Å². The lowest BCUT2D eigenvalue weighted by molar-refractivity contribution is -0.137. The molecule has 0 aliphatic heterocycles. The SMILES string of the molecule is CCCN(CC(=O)O)C(=O)c1nn[nH]n1. The van der Waals surface area contributed by atoms with Crippen LogP contribution in [0.4, 0.5) is 0 Å². The van der Waals surface area contributed by atoms with E-state index in [9.17, 15) is 9.59 Å². The Hall–Kier alpha value is -1.99. The van der Waals surface area contributed by atoms with Crippen molar-refractivity contribution in [2.75, 3.05) is 13.1 Å². The van der Waals surface area contributed by atoms with Gasteiger partial charge in [-0.3, -0.25) is 9.59 Å². The molecule has 0 bridgehead atoms. The van der Waals surface area contributed by atoms with Gasteiger partial charge in [0.2, 0.25) is 0 Å². The zero-order valence-corrected chi connectivity index (χ0v) is 8.17. The molecule has 1 aromatic heterocycles. The Balaban J connectivity index is 2.71. The number of nitrogens with zero attached hydrogens (tertiary/aromatic N) is 4. The van der Waals surface area contributed by atoms with Gasteiger partial charge in [0, 0.05) is 6.54 Å². The molecule has 0 aliphatic rings. The van der Waals surface area contributed by atoms with Crippen LogP contribution in [0, 0.1) is 0 Å². The third-order valence-electron chi connectivity index (χ3n) is 1.64. The summed E-state index contributed by atoms with van der Waals surface area (Å²) in [6, 6.07) is 0. The molecule has 0 radical (unpaired) electrons. The van der Waals surface area contributed by atoms with Crippen molar-refractivity contribution in [3.05, 3.63) is 5.82 Å². The van der Waals surface area contributed by atoms with Gasteiger partial charge in [-0.05, 0) is 11.6 Å². The molecule has 1 rings (SSSR count). The normalized spacial score (nSPS) is 9.93.